The van der Waals surface area contributed by atoms with Gasteiger partial charge in [0.05, 0.1) is 23.5 Å². The first-order valence-corrected chi connectivity index (χ1v) is 9.83. The summed E-state index contributed by atoms with van der Waals surface area (Å²) >= 11 is 0. The van der Waals surface area contributed by atoms with Crippen molar-refractivity contribution in [2.45, 2.75) is 44.6 Å². The Morgan fingerprint density at radius 2 is 1.91 bits per heavy atom. The van der Waals surface area contributed by atoms with E-state index in [1.165, 1.54) is 19.3 Å². The molecule has 22 heavy (non-hydrogen) atoms. The van der Waals surface area contributed by atoms with E-state index < -0.39 is 15.8 Å². The largest absolute Gasteiger partial charge is 0.274 e. The quantitative estimate of drug-likeness (QED) is 0.833. The number of hydrogen-bond acceptors (Lipinski definition) is 4. The van der Waals surface area contributed by atoms with Gasteiger partial charge in [-0.25, -0.2) is 8.42 Å². The van der Waals surface area contributed by atoms with E-state index >= 15 is 0 Å². The fourth-order valence-corrected chi connectivity index (χ4v) is 5.04. The van der Waals surface area contributed by atoms with E-state index in [4.69, 9.17) is 4.99 Å². The van der Waals surface area contributed by atoms with Crippen molar-refractivity contribution in [1.29, 1.82) is 0 Å². The number of carbonyl (C=O) groups excluding carboxylic acids is 1. The number of sulfone groups is 1. The molecule has 1 aliphatic heterocycles. The topological polar surface area (TPSA) is 68.5 Å². The first-order chi connectivity index (χ1) is 10.6. The van der Waals surface area contributed by atoms with E-state index in [1.807, 2.05) is 12.1 Å². The molecular weight excluding hydrogens is 300 g/mol. The van der Waals surface area contributed by atoms with Gasteiger partial charge in [0.15, 0.2) is 9.84 Å². The molecule has 1 atom stereocenters. The summed E-state index contributed by atoms with van der Waals surface area (Å²) in [6.07, 6.45) is 7.91. The van der Waals surface area contributed by atoms with Gasteiger partial charge in [-0.1, -0.05) is 25.3 Å². The van der Waals surface area contributed by atoms with Gasteiger partial charge in [-0.05, 0) is 31.4 Å². The van der Waals surface area contributed by atoms with E-state index in [-0.39, 0.29) is 23.5 Å². The molecule has 2 fully saturated rings. The number of pyridine rings is 1. The van der Waals surface area contributed by atoms with Gasteiger partial charge >= 0.3 is 0 Å². The van der Waals surface area contributed by atoms with Crippen molar-refractivity contribution in [2.24, 2.45) is 10.9 Å². The van der Waals surface area contributed by atoms with Crippen LogP contribution in [0.15, 0.2) is 29.4 Å². The van der Waals surface area contributed by atoms with Gasteiger partial charge in [-0.2, -0.15) is 0 Å². The van der Waals surface area contributed by atoms with Crippen LogP contribution >= 0.6 is 0 Å². The van der Waals surface area contributed by atoms with Crippen molar-refractivity contribution in [1.82, 2.24) is 4.57 Å². The molecule has 1 aromatic rings. The van der Waals surface area contributed by atoms with Crippen molar-refractivity contribution in [2.75, 3.05) is 11.5 Å². The van der Waals surface area contributed by atoms with Gasteiger partial charge in [-0.15, -0.1) is 0 Å². The maximum Gasteiger partial charge on any atom is 0.236 e. The lowest BCUT2D eigenvalue weighted by Gasteiger charge is -2.18. The molecule has 0 aromatic carbocycles. The third-order valence-corrected chi connectivity index (χ3v) is 6.31. The summed E-state index contributed by atoms with van der Waals surface area (Å²) in [5.41, 5.74) is 0.656. The number of rotatable bonds is 2. The fourth-order valence-electron chi connectivity index (χ4n) is 3.31. The molecule has 1 unspecified atom stereocenters. The van der Waals surface area contributed by atoms with Gasteiger partial charge in [0.25, 0.3) is 0 Å². The van der Waals surface area contributed by atoms with Gasteiger partial charge in [0, 0.05) is 6.20 Å². The van der Waals surface area contributed by atoms with E-state index in [2.05, 4.69) is 0 Å². The molecule has 0 bridgehead atoms. The van der Waals surface area contributed by atoms with Crippen molar-refractivity contribution < 1.29 is 13.2 Å². The molecule has 0 spiro atoms. The third-order valence-electron chi connectivity index (χ3n) is 4.55. The number of aromatic nitrogens is 1. The Labute approximate surface area is 131 Å². The van der Waals surface area contributed by atoms with E-state index in [9.17, 15) is 13.2 Å². The maximum absolute atomic E-state index is 12.6. The maximum atomic E-state index is 12.6. The normalized spacial score (nSPS) is 26.2. The lowest BCUT2D eigenvalue weighted by atomic mass is 9.96. The van der Waals surface area contributed by atoms with Crippen molar-refractivity contribution >= 4 is 15.7 Å². The lowest BCUT2D eigenvalue weighted by molar-refractivity contribution is 0.0842. The lowest BCUT2D eigenvalue weighted by Crippen LogP contribution is -2.33. The number of carbonyl (C=O) groups is 1. The van der Waals surface area contributed by atoms with E-state index in [0.717, 1.165) is 12.8 Å². The average Bonchev–Trinajstić information content (AvgIpc) is 2.88. The van der Waals surface area contributed by atoms with Crippen molar-refractivity contribution in [3.63, 3.8) is 0 Å². The SMILES string of the molecule is O=C(C1CCS(=O)(=O)C1)n1ccccc1=NC1CCCCC1. The summed E-state index contributed by atoms with van der Waals surface area (Å²) < 4.78 is 24.7. The zero-order valence-corrected chi connectivity index (χ0v) is 13.5. The Balaban J connectivity index is 1.88. The summed E-state index contributed by atoms with van der Waals surface area (Å²) in [4.78, 5) is 17.4. The van der Waals surface area contributed by atoms with Gasteiger partial charge in [0.2, 0.25) is 5.91 Å². The Morgan fingerprint density at radius 1 is 1.14 bits per heavy atom. The minimum absolute atomic E-state index is 0.0312. The van der Waals surface area contributed by atoms with Gasteiger partial charge < -0.3 is 0 Å². The van der Waals surface area contributed by atoms with Crippen LogP contribution in [-0.2, 0) is 9.84 Å². The molecule has 6 heteroatoms. The molecule has 2 aliphatic rings. The Kier molecular flexibility index (Phi) is 4.47. The Hall–Kier alpha value is -1.43. The van der Waals surface area contributed by atoms with Crippen LogP contribution < -0.4 is 5.49 Å². The predicted molar refractivity (Wildman–Crippen MR) is 84.3 cm³/mol. The first-order valence-electron chi connectivity index (χ1n) is 8.01. The molecule has 5 nitrogen and oxygen atoms in total. The van der Waals surface area contributed by atoms with Crippen LogP contribution in [0.3, 0.4) is 0 Å². The highest BCUT2D eigenvalue weighted by molar-refractivity contribution is 7.91. The summed E-state index contributed by atoms with van der Waals surface area (Å²) in [6, 6.07) is 5.79. The second-order valence-corrected chi connectivity index (χ2v) is 8.52. The van der Waals surface area contributed by atoms with Crippen LogP contribution in [0.5, 0.6) is 0 Å². The van der Waals surface area contributed by atoms with E-state index in [0.29, 0.717) is 11.9 Å². The van der Waals surface area contributed by atoms with Crippen LogP contribution in [0.2, 0.25) is 0 Å². The molecule has 1 aromatic heterocycles. The highest BCUT2D eigenvalue weighted by Crippen LogP contribution is 2.21. The molecule has 0 N–H and O–H groups in total. The molecular formula is C16H22N2O3S. The van der Waals surface area contributed by atoms with Crippen LogP contribution in [0, 0.1) is 5.92 Å². The van der Waals surface area contributed by atoms with Gasteiger partial charge in [-0.3, -0.25) is 14.4 Å². The third kappa shape index (κ3) is 3.48. The van der Waals surface area contributed by atoms with Crippen LogP contribution in [0.1, 0.15) is 43.3 Å². The molecule has 3 rings (SSSR count). The molecule has 0 radical (unpaired) electrons. The standard InChI is InChI=1S/C16H22N2O3S/c19-16(13-9-11-22(20,21)12-13)18-10-5-4-8-15(18)17-14-6-2-1-3-7-14/h4-5,8,10,13-14H,1-3,6-7,9,11-12H2. The van der Waals surface area contributed by atoms with Gasteiger partial charge in [0.1, 0.15) is 5.49 Å². The minimum Gasteiger partial charge on any atom is -0.274 e. The summed E-state index contributed by atoms with van der Waals surface area (Å²) in [6.45, 7) is 0. The van der Waals surface area contributed by atoms with Crippen molar-refractivity contribution in [3.8, 4) is 0 Å². The minimum atomic E-state index is -3.05. The first kappa shape index (κ1) is 15.5. The van der Waals surface area contributed by atoms with Crippen molar-refractivity contribution in [3.05, 3.63) is 29.9 Å². The molecule has 120 valence electrons. The van der Waals surface area contributed by atoms with Crippen LogP contribution in [-0.4, -0.2) is 36.4 Å². The number of hydrogen-bond donors (Lipinski definition) is 0. The zero-order valence-electron chi connectivity index (χ0n) is 12.6. The summed E-state index contributed by atoms with van der Waals surface area (Å²) in [7, 11) is -3.05. The highest BCUT2D eigenvalue weighted by atomic mass is 32.2. The second-order valence-electron chi connectivity index (χ2n) is 6.29. The molecule has 1 aliphatic carbocycles. The number of nitrogens with zero attached hydrogens (tertiary/aromatic N) is 2. The monoisotopic (exact) mass is 322 g/mol. The highest BCUT2D eigenvalue weighted by Gasteiger charge is 2.33. The second kappa shape index (κ2) is 6.36. The molecule has 2 heterocycles. The predicted octanol–water partition coefficient (Wildman–Crippen LogP) is 1.80. The smallest absolute Gasteiger partial charge is 0.236 e. The zero-order chi connectivity index (χ0) is 15.6. The molecule has 0 amide bonds. The van der Waals surface area contributed by atoms with Crippen LogP contribution in [0.25, 0.3) is 0 Å². The summed E-state index contributed by atoms with van der Waals surface area (Å²) in [5.74, 6) is -0.489. The molecule has 1 saturated carbocycles. The average molecular weight is 322 g/mol. The Bertz CT molecular complexity index is 715. The van der Waals surface area contributed by atoms with Crippen LogP contribution in [0.4, 0.5) is 0 Å². The fraction of sp³-hybridized carbons (Fsp3) is 0.625. The summed E-state index contributed by atoms with van der Waals surface area (Å²) in [5, 5.41) is 0. The van der Waals surface area contributed by atoms with E-state index in [1.54, 1.807) is 16.8 Å². The molecule has 1 saturated heterocycles. The Morgan fingerprint density at radius 3 is 2.59 bits per heavy atom.